The van der Waals surface area contributed by atoms with Gasteiger partial charge in [0.25, 0.3) is 0 Å². The number of aryl methyl sites for hydroxylation is 1. The van der Waals surface area contributed by atoms with Gasteiger partial charge in [-0.2, -0.15) is 0 Å². The monoisotopic (exact) mass is 329 g/mol. The van der Waals surface area contributed by atoms with Gasteiger partial charge in [0.05, 0.1) is 0 Å². The third kappa shape index (κ3) is 3.55. The molecule has 1 aromatic carbocycles. The Morgan fingerprint density at radius 1 is 1.29 bits per heavy atom. The molecule has 0 saturated carbocycles. The molecule has 0 unspecified atom stereocenters. The summed E-state index contributed by atoms with van der Waals surface area (Å²) in [6.45, 7) is 3.90. The molecule has 0 spiro atoms. The van der Waals surface area contributed by atoms with Gasteiger partial charge in [0.1, 0.15) is 0 Å². The van der Waals surface area contributed by atoms with Gasteiger partial charge in [0.2, 0.25) is 0 Å². The molecule has 90 valence electrons. The van der Waals surface area contributed by atoms with Crippen molar-refractivity contribution in [2.24, 2.45) is 0 Å². The van der Waals surface area contributed by atoms with Crippen molar-refractivity contribution in [3.63, 3.8) is 0 Å². The van der Waals surface area contributed by atoms with Crippen LogP contribution < -0.4 is 5.32 Å². The highest BCUT2D eigenvalue weighted by Crippen LogP contribution is 2.22. The predicted molar refractivity (Wildman–Crippen MR) is 78.8 cm³/mol. The second-order valence-electron chi connectivity index (χ2n) is 3.87. The third-order valence-corrected chi connectivity index (χ3v) is 4.58. The van der Waals surface area contributed by atoms with Crippen LogP contribution in [0.1, 0.15) is 16.0 Å². The fourth-order valence-electron chi connectivity index (χ4n) is 1.56. The first-order chi connectivity index (χ1) is 8.16. The van der Waals surface area contributed by atoms with Crippen LogP contribution in [-0.4, -0.2) is 0 Å². The van der Waals surface area contributed by atoms with Gasteiger partial charge in [0.15, 0.2) is 0 Å². The van der Waals surface area contributed by atoms with Crippen molar-refractivity contribution in [1.29, 1.82) is 0 Å². The number of hydrogen-bond donors (Lipinski definition) is 1. The molecule has 0 atom stereocenters. The molecule has 0 radical (unpaired) electrons. The average molecular weight is 331 g/mol. The summed E-state index contributed by atoms with van der Waals surface area (Å²) in [5.41, 5.74) is 2.58. The van der Waals surface area contributed by atoms with Gasteiger partial charge in [-0.25, -0.2) is 0 Å². The van der Waals surface area contributed by atoms with Gasteiger partial charge in [0, 0.05) is 27.5 Å². The van der Waals surface area contributed by atoms with E-state index in [1.165, 1.54) is 16.0 Å². The molecule has 1 aromatic heterocycles. The van der Waals surface area contributed by atoms with E-state index >= 15 is 0 Å². The van der Waals surface area contributed by atoms with Crippen LogP contribution in [0.3, 0.4) is 0 Å². The summed E-state index contributed by atoms with van der Waals surface area (Å²) in [4.78, 5) is 1.40. The summed E-state index contributed by atoms with van der Waals surface area (Å²) in [5.74, 6) is 0. The highest BCUT2D eigenvalue weighted by molar-refractivity contribution is 9.10. The minimum absolute atomic E-state index is 0.759. The molecule has 4 heteroatoms. The Balaban J connectivity index is 1.92. The molecule has 0 aliphatic carbocycles. The summed E-state index contributed by atoms with van der Waals surface area (Å²) in [6.07, 6.45) is 0. The smallest absolute Gasteiger partial charge is 0.0417 e. The molecule has 1 N–H and O–H groups in total. The lowest BCUT2D eigenvalue weighted by Gasteiger charge is -2.07. The Morgan fingerprint density at radius 2 is 2.12 bits per heavy atom. The highest BCUT2D eigenvalue weighted by Gasteiger charge is 2.02. The molecule has 0 aliphatic heterocycles. The van der Waals surface area contributed by atoms with Crippen LogP contribution in [0.2, 0.25) is 5.02 Å². The van der Waals surface area contributed by atoms with E-state index in [4.69, 9.17) is 11.6 Å². The summed E-state index contributed by atoms with van der Waals surface area (Å²) in [6, 6.07) is 8.04. The van der Waals surface area contributed by atoms with Gasteiger partial charge >= 0.3 is 0 Å². The van der Waals surface area contributed by atoms with Crippen LogP contribution in [0.5, 0.6) is 0 Å². The van der Waals surface area contributed by atoms with Crippen molar-refractivity contribution in [1.82, 2.24) is 5.32 Å². The van der Waals surface area contributed by atoms with Crippen LogP contribution in [-0.2, 0) is 13.1 Å². The molecule has 0 saturated heterocycles. The van der Waals surface area contributed by atoms with Gasteiger partial charge in [-0.1, -0.05) is 33.6 Å². The Morgan fingerprint density at radius 3 is 2.76 bits per heavy atom. The molecule has 1 heterocycles. The van der Waals surface area contributed by atoms with E-state index in [1.54, 1.807) is 11.3 Å². The van der Waals surface area contributed by atoms with Crippen molar-refractivity contribution in [2.75, 3.05) is 0 Å². The molecule has 0 amide bonds. The lowest BCUT2D eigenvalue weighted by Crippen LogP contribution is -2.12. The SMILES string of the molecule is Cc1ccsc1CNCc1ccc(Cl)cc1Br. The molecule has 1 nitrogen and oxygen atoms in total. The van der Waals surface area contributed by atoms with Gasteiger partial charge in [-0.3, -0.25) is 0 Å². The van der Waals surface area contributed by atoms with Crippen LogP contribution in [0.25, 0.3) is 0 Å². The Hall–Kier alpha value is -0.350. The number of rotatable bonds is 4. The van der Waals surface area contributed by atoms with Gasteiger partial charge in [-0.15, -0.1) is 11.3 Å². The highest BCUT2D eigenvalue weighted by atomic mass is 79.9. The first kappa shape index (κ1) is 13.1. The zero-order chi connectivity index (χ0) is 12.3. The first-order valence-corrected chi connectivity index (χ1v) is 7.39. The predicted octanol–water partition coefficient (Wildman–Crippen LogP) is 4.76. The zero-order valence-corrected chi connectivity index (χ0v) is 12.6. The number of thiophene rings is 1. The summed E-state index contributed by atoms with van der Waals surface area (Å²) in [7, 11) is 0. The Labute approximate surface area is 119 Å². The Kier molecular flexibility index (Phi) is 4.62. The van der Waals surface area contributed by atoms with E-state index < -0.39 is 0 Å². The van der Waals surface area contributed by atoms with Crippen LogP contribution in [0.15, 0.2) is 34.1 Å². The maximum atomic E-state index is 5.90. The second kappa shape index (κ2) is 6.01. The summed E-state index contributed by atoms with van der Waals surface area (Å²) in [5, 5.41) is 6.33. The Bertz CT molecular complexity index is 510. The normalized spacial score (nSPS) is 10.8. The maximum absolute atomic E-state index is 5.90. The molecule has 2 aromatic rings. The quantitative estimate of drug-likeness (QED) is 0.852. The van der Waals surface area contributed by atoms with E-state index in [0.717, 1.165) is 22.6 Å². The van der Waals surface area contributed by atoms with Gasteiger partial charge < -0.3 is 5.32 Å². The minimum Gasteiger partial charge on any atom is -0.308 e. The molecular formula is C13H13BrClNS. The topological polar surface area (TPSA) is 12.0 Å². The van der Waals surface area contributed by atoms with Crippen molar-refractivity contribution in [3.05, 3.63) is 55.1 Å². The minimum atomic E-state index is 0.759. The van der Waals surface area contributed by atoms with Crippen molar-refractivity contribution >= 4 is 38.9 Å². The van der Waals surface area contributed by atoms with E-state index in [-0.39, 0.29) is 0 Å². The van der Waals surface area contributed by atoms with Crippen LogP contribution in [0, 0.1) is 6.92 Å². The van der Waals surface area contributed by atoms with Crippen molar-refractivity contribution < 1.29 is 0 Å². The maximum Gasteiger partial charge on any atom is 0.0417 e. The number of halogens is 2. The summed E-state index contributed by atoms with van der Waals surface area (Å²) < 4.78 is 1.06. The number of benzene rings is 1. The third-order valence-electron chi connectivity index (χ3n) is 2.58. The first-order valence-electron chi connectivity index (χ1n) is 5.34. The van der Waals surface area contributed by atoms with Crippen molar-refractivity contribution in [2.45, 2.75) is 20.0 Å². The van der Waals surface area contributed by atoms with E-state index in [2.05, 4.69) is 39.6 Å². The average Bonchev–Trinajstić information content (AvgIpc) is 2.68. The summed E-state index contributed by atoms with van der Waals surface area (Å²) >= 11 is 11.2. The largest absolute Gasteiger partial charge is 0.308 e. The molecular weight excluding hydrogens is 318 g/mol. The molecule has 0 aliphatic rings. The number of hydrogen-bond acceptors (Lipinski definition) is 2. The molecule has 2 rings (SSSR count). The fraction of sp³-hybridized carbons (Fsp3) is 0.231. The van der Waals surface area contributed by atoms with Crippen LogP contribution in [0.4, 0.5) is 0 Å². The van der Waals surface area contributed by atoms with Crippen LogP contribution >= 0.6 is 38.9 Å². The van der Waals surface area contributed by atoms with Gasteiger partial charge in [-0.05, 0) is 41.6 Å². The van der Waals surface area contributed by atoms with E-state index in [9.17, 15) is 0 Å². The van der Waals surface area contributed by atoms with E-state index in [1.807, 2.05) is 18.2 Å². The molecule has 17 heavy (non-hydrogen) atoms. The lowest BCUT2D eigenvalue weighted by molar-refractivity contribution is 0.697. The molecule has 0 fully saturated rings. The lowest BCUT2D eigenvalue weighted by atomic mass is 10.2. The number of nitrogens with one attached hydrogen (secondary N) is 1. The molecule has 0 bridgehead atoms. The zero-order valence-electron chi connectivity index (χ0n) is 9.47. The van der Waals surface area contributed by atoms with E-state index in [0.29, 0.717) is 0 Å². The van der Waals surface area contributed by atoms with Crippen molar-refractivity contribution in [3.8, 4) is 0 Å². The standard InChI is InChI=1S/C13H13BrClNS/c1-9-4-5-17-13(9)8-16-7-10-2-3-11(15)6-12(10)14/h2-6,16H,7-8H2,1H3. The fourth-order valence-corrected chi connectivity index (χ4v) is 3.26. The second-order valence-corrected chi connectivity index (χ2v) is 6.16.